The molecule has 0 saturated carbocycles. The zero-order valence-electron chi connectivity index (χ0n) is 12.1. The first-order valence-corrected chi connectivity index (χ1v) is 7.02. The van der Waals surface area contributed by atoms with Gasteiger partial charge in [0.15, 0.2) is 0 Å². The van der Waals surface area contributed by atoms with Gasteiger partial charge >= 0.3 is 0 Å². The summed E-state index contributed by atoms with van der Waals surface area (Å²) in [4.78, 5) is 10.9. The van der Waals surface area contributed by atoms with Crippen LogP contribution in [0.4, 0.5) is 5.82 Å². The number of anilines is 1. The number of hydrogen-bond donors (Lipinski definition) is 1. The second-order valence-corrected chi connectivity index (χ2v) is 5.31. The van der Waals surface area contributed by atoms with Crippen LogP contribution in [0.2, 0.25) is 0 Å². The van der Waals surface area contributed by atoms with E-state index in [0.717, 1.165) is 30.4 Å². The van der Waals surface area contributed by atoms with Crippen molar-refractivity contribution >= 4 is 5.82 Å². The van der Waals surface area contributed by atoms with Crippen LogP contribution in [0.1, 0.15) is 25.3 Å². The first-order valence-electron chi connectivity index (χ1n) is 7.02. The van der Waals surface area contributed by atoms with Gasteiger partial charge in [-0.3, -0.25) is 0 Å². The van der Waals surface area contributed by atoms with Crippen LogP contribution in [0.5, 0.6) is 5.88 Å². The molecule has 1 aromatic rings. The first kappa shape index (κ1) is 14.1. The number of likely N-dealkylation sites (tertiary alicyclic amines) is 1. The average Bonchev–Trinajstić information content (AvgIpc) is 2.43. The third-order valence-electron chi connectivity index (χ3n) is 3.83. The van der Waals surface area contributed by atoms with Gasteiger partial charge in [-0.2, -0.15) is 0 Å². The zero-order chi connectivity index (χ0) is 13.7. The summed E-state index contributed by atoms with van der Waals surface area (Å²) in [5, 5.41) is 3.37. The van der Waals surface area contributed by atoms with Crippen molar-refractivity contribution in [3.05, 3.63) is 11.9 Å². The Balaban J connectivity index is 1.79. The van der Waals surface area contributed by atoms with E-state index in [2.05, 4.69) is 27.1 Å². The van der Waals surface area contributed by atoms with E-state index in [0.29, 0.717) is 5.88 Å². The molecule has 106 valence electrons. The van der Waals surface area contributed by atoms with Crippen LogP contribution < -0.4 is 10.1 Å². The smallest absolute Gasteiger partial charge is 0.221 e. The molecule has 1 N–H and O–H groups in total. The molecule has 0 atom stereocenters. The second kappa shape index (κ2) is 6.70. The van der Waals surface area contributed by atoms with E-state index in [1.165, 1.54) is 32.3 Å². The summed E-state index contributed by atoms with van der Waals surface area (Å²) in [5.41, 5.74) is 0.970. The van der Waals surface area contributed by atoms with Gasteiger partial charge in [-0.05, 0) is 38.8 Å². The Morgan fingerprint density at radius 2 is 2.11 bits per heavy atom. The van der Waals surface area contributed by atoms with Crippen LogP contribution >= 0.6 is 0 Å². The van der Waals surface area contributed by atoms with Gasteiger partial charge in [0.05, 0.1) is 12.7 Å². The Bertz CT molecular complexity index is 402. The van der Waals surface area contributed by atoms with Gasteiger partial charge in [-0.15, -0.1) is 0 Å². The Labute approximate surface area is 115 Å². The van der Waals surface area contributed by atoms with Gasteiger partial charge in [-0.25, -0.2) is 9.97 Å². The molecule has 5 heteroatoms. The number of ether oxygens (including phenoxy) is 1. The fraction of sp³-hybridized carbons (Fsp3) is 0.714. The number of rotatable bonds is 5. The summed E-state index contributed by atoms with van der Waals surface area (Å²) in [6, 6.07) is 0. The maximum Gasteiger partial charge on any atom is 0.221 e. The van der Waals surface area contributed by atoms with Crippen LogP contribution in [0, 0.1) is 12.8 Å². The molecule has 2 rings (SSSR count). The lowest BCUT2D eigenvalue weighted by atomic mass is 9.99. The summed E-state index contributed by atoms with van der Waals surface area (Å²) in [6.07, 6.45) is 4.18. The standard InChI is InChI=1S/C14H24N4O/c1-11-4-7-18(8-5-11)9-6-15-13-12(2)14(19-3)17-10-16-13/h10-11H,4-9H2,1-3H3,(H,15,16,17). The fourth-order valence-corrected chi connectivity index (χ4v) is 2.44. The maximum absolute atomic E-state index is 5.19. The zero-order valence-corrected chi connectivity index (χ0v) is 12.1. The molecular weight excluding hydrogens is 240 g/mol. The average molecular weight is 264 g/mol. The van der Waals surface area contributed by atoms with Gasteiger partial charge in [0.1, 0.15) is 12.1 Å². The summed E-state index contributed by atoms with van der Waals surface area (Å²) in [6.45, 7) is 8.73. The molecule has 1 aromatic heterocycles. The van der Waals surface area contributed by atoms with Crippen molar-refractivity contribution in [1.29, 1.82) is 0 Å². The van der Waals surface area contributed by atoms with E-state index in [4.69, 9.17) is 4.74 Å². The van der Waals surface area contributed by atoms with E-state index in [9.17, 15) is 0 Å². The fourth-order valence-electron chi connectivity index (χ4n) is 2.44. The van der Waals surface area contributed by atoms with Gasteiger partial charge in [-0.1, -0.05) is 6.92 Å². The lowest BCUT2D eigenvalue weighted by Gasteiger charge is -2.30. The first-order chi connectivity index (χ1) is 9.20. The highest BCUT2D eigenvalue weighted by molar-refractivity contribution is 5.47. The van der Waals surface area contributed by atoms with Crippen molar-refractivity contribution in [2.75, 3.05) is 38.6 Å². The highest BCUT2D eigenvalue weighted by atomic mass is 16.5. The molecule has 0 aliphatic carbocycles. The molecule has 2 heterocycles. The monoisotopic (exact) mass is 264 g/mol. The topological polar surface area (TPSA) is 50.3 Å². The molecule has 0 amide bonds. The molecule has 0 radical (unpaired) electrons. The minimum atomic E-state index is 0.643. The van der Waals surface area contributed by atoms with Crippen LogP contribution in [-0.4, -0.2) is 48.2 Å². The molecule has 1 aliphatic rings. The maximum atomic E-state index is 5.19. The molecule has 1 aliphatic heterocycles. The van der Waals surface area contributed by atoms with Crippen LogP contribution in [0.25, 0.3) is 0 Å². The molecule has 19 heavy (non-hydrogen) atoms. The van der Waals surface area contributed by atoms with E-state index < -0.39 is 0 Å². The van der Waals surface area contributed by atoms with Crippen molar-refractivity contribution in [1.82, 2.24) is 14.9 Å². The van der Waals surface area contributed by atoms with Gasteiger partial charge in [0, 0.05) is 13.1 Å². The van der Waals surface area contributed by atoms with Gasteiger partial charge < -0.3 is 15.0 Å². The van der Waals surface area contributed by atoms with E-state index >= 15 is 0 Å². The molecular formula is C14H24N4O. The van der Waals surface area contributed by atoms with E-state index in [1.807, 2.05) is 6.92 Å². The third kappa shape index (κ3) is 3.80. The predicted octanol–water partition coefficient (Wildman–Crippen LogP) is 1.94. The van der Waals surface area contributed by atoms with Crippen LogP contribution in [0.3, 0.4) is 0 Å². The largest absolute Gasteiger partial charge is 0.481 e. The molecule has 0 aromatic carbocycles. The Morgan fingerprint density at radius 3 is 2.79 bits per heavy atom. The summed E-state index contributed by atoms with van der Waals surface area (Å²) < 4.78 is 5.19. The minimum Gasteiger partial charge on any atom is -0.481 e. The summed E-state index contributed by atoms with van der Waals surface area (Å²) in [7, 11) is 1.63. The third-order valence-corrected chi connectivity index (χ3v) is 3.83. The van der Waals surface area contributed by atoms with Gasteiger partial charge in [0.2, 0.25) is 5.88 Å². The van der Waals surface area contributed by atoms with Crippen LogP contribution in [0.15, 0.2) is 6.33 Å². The van der Waals surface area contributed by atoms with E-state index in [-0.39, 0.29) is 0 Å². The summed E-state index contributed by atoms with van der Waals surface area (Å²) in [5.74, 6) is 2.40. The van der Waals surface area contributed by atoms with Crippen molar-refractivity contribution in [2.24, 2.45) is 5.92 Å². The molecule has 5 nitrogen and oxygen atoms in total. The van der Waals surface area contributed by atoms with E-state index in [1.54, 1.807) is 7.11 Å². The van der Waals surface area contributed by atoms with Crippen molar-refractivity contribution < 1.29 is 4.74 Å². The Hall–Kier alpha value is -1.36. The number of piperidine rings is 1. The quantitative estimate of drug-likeness (QED) is 0.880. The number of hydrogen-bond acceptors (Lipinski definition) is 5. The van der Waals surface area contributed by atoms with Crippen molar-refractivity contribution in [3.63, 3.8) is 0 Å². The molecule has 0 unspecified atom stereocenters. The normalized spacial score (nSPS) is 17.4. The van der Waals surface area contributed by atoms with Gasteiger partial charge in [0.25, 0.3) is 0 Å². The summed E-state index contributed by atoms with van der Waals surface area (Å²) >= 11 is 0. The van der Waals surface area contributed by atoms with Crippen molar-refractivity contribution in [3.8, 4) is 5.88 Å². The Morgan fingerprint density at radius 1 is 1.37 bits per heavy atom. The number of aromatic nitrogens is 2. The Kier molecular flexibility index (Phi) is 4.96. The SMILES string of the molecule is COc1ncnc(NCCN2CCC(C)CC2)c1C. The lowest BCUT2D eigenvalue weighted by Crippen LogP contribution is -2.36. The second-order valence-electron chi connectivity index (χ2n) is 5.31. The minimum absolute atomic E-state index is 0.643. The molecule has 1 fully saturated rings. The molecule has 0 spiro atoms. The lowest BCUT2D eigenvalue weighted by molar-refractivity contribution is 0.199. The number of methoxy groups -OCH3 is 1. The molecule has 1 saturated heterocycles. The molecule has 0 bridgehead atoms. The highest BCUT2D eigenvalue weighted by Crippen LogP contribution is 2.19. The number of nitrogens with zero attached hydrogens (tertiary/aromatic N) is 3. The number of nitrogens with one attached hydrogen (secondary N) is 1. The highest BCUT2D eigenvalue weighted by Gasteiger charge is 2.15. The van der Waals surface area contributed by atoms with Crippen LogP contribution in [-0.2, 0) is 0 Å². The predicted molar refractivity (Wildman–Crippen MR) is 76.6 cm³/mol. The van der Waals surface area contributed by atoms with Crippen molar-refractivity contribution in [2.45, 2.75) is 26.7 Å².